The van der Waals surface area contributed by atoms with Gasteiger partial charge < -0.3 is 10.5 Å². The Labute approximate surface area is 113 Å². The quantitative estimate of drug-likeness (QED) is 0.838. The maximum atomic E-state index is 5.88. The van der Waals surface area contributed by atoms with Crippen molar-refractivity contribution in [2.45, 2.75) is 33.9 Å². The van der Waals surface area contributed by atoms with E-state index in [9.17, 15) is 0 Å². The molecular weight excluding hydrogens is 240 g/mol. The molecule has 102 valence electrons. The predicted octanol–water partition coefficient (Wildman–Crippen LogP) is 2.40. The van der Waals surface area contributed by atoms with Crippen molar-refractivity contribution in [3.05, 3.63) is 35.9 Å². The first-order chi connectivity index (χ1) is 9.06. The Morgan fingerprint density at radius 3 is 2.89 bits per heavy atom. The van der Waals surface area contributed by atoms with E-state index in [0.717, 1.165) is 17.9 Å². The van der Waals surface area contributed by atoms with Crippen molar-refractivity contribution < 1.29 is 4.74 Å². The summed E-state index contributed by atoms with van der Waals surface area (Å²) in [4.78, 5) is 4.22. The van der Waals surface area contributed by atoms with Crippen molar-refractivity contribution in [1.29, 1.82) is 0 Å². The van der Waals surface area contributed by atoms with Crippen LogP contribution in [0.25, 0.3) is 0 Å². The van der Waals surface area contributed by atoms with Crippen LogP contribution in [0.15, 0.2) is 24.5 Å². The molecule has 1 aromatic heterocycles. The van der Waals surface area contributed by atoms with Gasteiger partial charge in [-0.25, -0.2) is 9.67 Å². The molecule has 0 saturated heterocycles. The van der Waals surface area contributed by atoms with Crippen LogP contribution in [0.3, 0.4) is 0 Å². The highest BCUT2D eigenvalue weighted by molar-refractivity contribution is 5.53. The van der Waals surface area contributed by atoms with Crippen LogP contribution in [0.1, 0.15) is 25.2 Å². The number of aryl methyl sites for hydroxylation is 1. The number of anilines is 1. The van der Waals surface area contributed by atoms with Crippen LogP contribution in [0.5, 0.6) is 5.75 Å². The lowest BCUT2D eigenvalue weighted by molar-refractivity contribution is 0.284. The summed E-state index contributed by atoms with van der Waals surface area (Å²) in [5.74, 6) is 2.03. The molecule has 0 atom stereocenters. The lowest BCUT2D eigenvalue weighted by atomic mass is 10.2. The summed E-state index contributed by atoms with van der Waals surface area (Å²) in [6.45, 7) is 7.51. The highest BCUT2D eigenvalue weighted by Crippen LogP contribution is 2.23. The minimum Gasteiger partial charge on any atom is -0.483 e. The van der Waals surface area contributed by atoms with Crippen LogP contribution in [0, 0.1) is 12.8 Å². The Kier molecular flexibility index (Phi) is 4.04. The van der Waals surface area contributed by atoms with Gasteiger partial charge >= 0.3 is 0 Å². The summed E-state index contributed by atoms with van der Waals surface area (Å²) in [6.07, 6.45) is 1.56. The summed E-state index contributed by atoms with van der Waals surface area (Å²) >= 11 is 0. The molecule has 2 aromatic rings. The monoisotopic (exact) mass is 260 g/mol. The molecule has 0 saturated carbocycles. The standard InChI is InChI=1S/C14H20N4O/c1-10(2)7-18-14(16-9-17-18)8-19-13-6-11(3)4-5-12(13)15/h4-6,9-10H,7-8,15H2,1-3H3. The smallest absolute Gasteiger partial charge is 0.164 e. The molecule has 0 amide bonds. The predicted molar refractivity (Wildman–Crippen MR) is 74.8 cm³/mol. The number of rotatable bonds is 5. The normalized spacial score (nSPS) is 10.9. The van der Waals surface area contributed by atoms with Crippen LogP contribution in [-0.4, -0.2) is 14.8 Å². The highest BCUT2D eigenvalue weighted by atomic mass is 16.5. The third-order valence-corrected chi connectivity index (χ3v) is 2.76. The average Bonchev–Trinajstić information content (AvgIpc) is 2.77. The molecule has 0 bridgehead atoms. The molecule has 0 radical (unpaired) electrons. The Morgan fingerprint density at radius 2 is 2.16 bits per heavy atom. The Bertz CT molecular complexity index is 548. The third-order valence-electron chi connectivity index (χ3n) is 2.76. The van der Waals surface area contributed by atoms with Crippen molar-refractivity contribution in [2.75, 3.05) is 5.73 Å². The zero-order valence-corrected chi connectivity index (χ0v) is 11.6. The number of nitrogens with two attached hydrogens (primary N) is 1. The molecule has 0 fully saturated rings. The maximum absolute atomic E-state index is 5.88. The van der Waals surface area contributed by atoms with E-state index in [1.54, 1.807) is 6.33 Å². The molecule has 2 N–H and O–H groups in total. The summed E-state index contributed by atoms with van der Waals surface area (Å²) in [7, 11) is 0. The van der Waals surface area contributed by atoms with Crippen molar-refractivity contribution in [3.63, 3.8) is 0 Å². The number of nitrogen functional groups attached to an aromatic ring is 1. The Balaban J connectivity index is 2.06. The van der Waals surface area contributed by atoms with Gasteiger partial charge in [-0.3, -0.25) is 0 Å². The zero-order valence-electron chi connectivity index (χ0n) is 11.6. The van der Waals surface area contributed by atoms with Crippen molar-refractivity contribution in [2.24, 2.45) is 5.92 Å². The van der Waals surface area contributed by atoms with Gasteiger partial charge in [0, 0.05) is 6.54 Å². The van der Waals surface area contributed by atoms with E-state index in [2.05, 4.69) is 23.9 Å². The summed E-state index contributed by atoms with van der Waals surface area (Å²) < 4.78 is 7.61. The second kappa shape index (κ2) is 5.73. The fraction of sp³-hybridized carbons (Fsp3) is 0.429. The molecule has 1 aromatic carbocycles. The lowest BCUT2D eigenvalue weighted by Gasteiger charge is -2.11. The first-order valence-corrected chi connectivity index (χ1v) is 6.42. The topological polar surface area (TPSA) is 66.0 Å². The number of aromatic nitrogens is 3. The van der Waals surface area contributed by atoms with E-state index in [1.807, 2.05) is 29.8 Å². The van der Waals surface area contributed by atoms with E-state index in [0.29, 0.717) is 24.0 Å². The number of nitrogens with zero attached hydrogens (tertiary/aromatic N) is 3. The van der Waals surface area contributed by atoms with Crippen molar-refractivity contribution >= 4 is 5.69 Å². The van der Waals surface area contributed by atoms with E-state index < -0.39 is 0 Å². The number of benzene rings is 1. The van der Waals surface area contributed by atoms with Gasteiger partial charge in [-0.2, -0.15) is 5.10 Å². The summed E-state index contributed by atoms with van der Waals surface area (Å²) in [5, 5.41) is 4.20. The number of hydrogen-bond acceptors (Lipinski definition) is 4. The minimum absolute atomic E-state index is 0.375. The zero-order chi connectivity index (χ0) is 13.8. The molecular formula is C14H20N4O. The SMILES string of the molecule is Cc1ccc(N)c(OCc2ncnn2CC(C)C)c1. The van der Waals surface area contributed by atoms with Crippen LogP contribution in [0.4, 0.5) is 5.69 Å². The van der Waals surface area contributed by atoms with Crippen LogP contribution in [-0.2, 0) is 13.2 Å². The molecule has 0 aliphatic heterocycles. The van der Waals surface area contributed by atoms with Gasteiger partial charge in [0.1, 0.15) is 18.7 Å². The summed E-state index contributed by atoms with van der Waals surface area (Å²) in [6, 6.07) is 5.74. The molecule has 0 unspecified atom stereocenters. The molecule has 0 aliphatic rings. The Hall–Kier alpha value is -2.04. The summed E-state index contributed by atoms with van der Waals surface area (Å²) in [5.41, 5.74) is 7.64. The molecule has 2 rings (SSSR count). The number of hydrogen-bond donors (Lipinski definition) is 1. The number of ether oxygens (including phenoxy) is 1. The van der Waals surface area contributed by atoms with Crippen molar-refractivity contribution in [1.82, 2.24) is 14.8 Å². The van der Waals surface area contributed by atoms with Gasteiger partial charge in [-0.1, -0.05) is 19.9 Å². The fourth-order valence-corrected chi connectivity index (χ4v) is 1.81. The second-order valence-corrected chi connectivity index (χ2v) is 5.08. The second-order valence-electron chi connectivity index (χ2n) is 5.08. The largest absolute Gasteiger partial charge is 0.483 e. The van der Waals surface area contributed by atoms with Crippen molar-refractivity contribution in [3.8, 4) is 5.75 Å². The molecule has 5 heteroatoms. The lowest BCUT2D eigenvalue weighted by Crippen LogP contribution is -2.12. The fourth-order valence-electron chi connectivity index (χ4n) is 1.81. The van der Waals surface area contributed by atoms with Gasteiger partial charge in [-0.05, 0) is 30.5 Å². The Morgan fingerprint density at radius 1 is 1.37 bits per heavy atom. The molecule has 19 heavy (non-hydrogen) atoms. The first kappa shape index (κ1) is 13.4. The van der Waals surface area contributed by atoms with Crippen LogP contribution >= 0.6 is 0 Å². The van der Waals surface area contributed by atoms with Crippen LogP contribution in [0.2, 0.25) is 0 Å². The molecule has 1 heterocycles. The van der Waals surface area contributed by atoms with E-state index in [-0.39, 0.29) is 0 Å². The highest BCUT2D eigenvalue weighted by Gasteiger charge is 2.08. The van der Waals surface area contributed by atoms with E-state index in [4.69, 9.17) is 10.5 Å². The van der Waals surface area contributed by atoms with Crippen LogP contribution < -0.4 is 10.5 Å². The van der Waals surface area contributed by atoms with Gasteiger partial charge in [0.05, 0.1) is 5.69 Å². The average molecular weight is 260 g/mol. The van der Waals surface area contributed by atoms with Gasteiger partial charge in [0.15, 0.2) is 5.82 Å². The minimum atomic E-state index is 0.375. The third kappa shape index (κ3) is 3.47. The van der Waals surface area contributed by atoms with Gasteiger partial charge in [0.25, 0.3) is 0 Å². The van der Waals surface area contributed by atoms with E-state index in [1.165, 1.54) is 0 Å². The molecule has 0 aliphatic carbocycles. The van der Waals surface area contributed by atoms with Gasteiger partial charge in [-0.15, -0.1) is 0 Å². The first-order valence-electron chi connectivity index (χ1n) is 6.42. The molecule has 0 spiro atoms. The van der Waals surface area contributed by atoms with Gasteiger partial charge in [0.2, 0.25) is 0 Å². The maximum Gasteiger partial charge on any atom is 0.164 e. The molecule has 5 nitrogen and oxygen atoms in total. The van der Waals surface area contributed by atoms with E-state index >= 15 is 0 Å².